The van der Waals surface area contributed by atoms with Crippen LogP contribution >= 0.6 is 11.8 Å². The molecule has 16 heavy (non-hydrogen) atoms. The Bertz CT molecular complexity index is 252. The molecule has 0 spiro atoms. The van der Waals surface area contributed by atoms with Gasteiger partial charge in [-0.05, 0) is 18.6 Å². The van der Waals surface area contributed by atoms with Crippen LogP contribution < -0.4 is 0 Å². The Morgan fingerprint density at radius 2 is 2.25 bits per heavy atom. The Morgan fingerprint density at radius 3 is 2.75 bits per heavy atom. The number of hydrogen-bond acceptors (Lipinski definition) is 4. The van der Waals surface area contributed by atoms with Gasteiger partial charge in [-0.2, -0.15) is 11.8 Å². The first-order valence-corrected chi connectivity index (χ1v) is 6.77. The molecule has 92 valence electrons. The molecular weight excluding hydrogens is 226 g/mol. The van der Waals surface area contributed by atoms with Gasteiger partial charge in [-0.1, -0.05) is 6.92 Å². The normalized spacial score (nSPS) is 19.5. The number of rotatable bonds is 5. The van der Waals surface area contributed by atoms with Crippen LogP contribution in [0.3, 0.4) is 0 Å². The summed E-state index contributed by atoms with van der Waals surface area (Å²) < 4.78 is 4.60. The first kappa shape index (κ1) is 13.4. The molecule has 1 rings (SSSR count). The summed E-state index contributed by atoms with van der Waals surface area (Å²) in [6.45, 7) is 2.72. The SMILES string of the molecule is CCCN(CC(=O)OC)C(=O)C1CCSC1. The monoisotopic (exact) mass is 245 g/mol. The quantitative estimate of drug-likeness (QED) is 0.682. The van der Waals surface area contributed by atoms with E-state index < -0.39 is 0 Å². The van der Waals surface area contributed by atoms with E-state index in [0.29, 0.717) is 6.54 Å². The lowest BCUT2D eigenvalue weighted by molar-refractivity contribution is -0.148. The minimum atomic E-state index is -0.340. The molecule has 1 heterocycles. The van der Waals surface area contributed by atoms with Crippen molar-refractivity contribution in [2.45, 2.75) is 19.8 Å². The van der Waals surface area contributed by atoms with Crippen LogP contribution in [-0.2, 0) is 14.3 Å². The van der Waals surface area contributed by atoms with Crippen LogP contribution in [0.4, 0.5) is 0 Å². The smallest absolute Gasteiger partial charge is 0.325 e. The molecular formula is C11H19NO3S. The van der Waals surface area contributed by atoms with Crippen molar-refractivity contribution in [2.24, 2.45) is 5.92 Å². The van der Waals surface area contributed by atoms with Gasteiger partial charge in [-0.15, -0.1) is 0 Å². The highest BCUT2D eigenvalue weighted by atomic mass is 32.2. The van der Waals surface area contributed by atoms with E-state index >= 15 is 0 Å². The summed E-state index contributed by atoms with van der Waals surface area (Å²) in [7, 11) is 1.35. The summed E-state index contributed by atoms with van der Waals surface area (Å²) >= 11 is 1.81. The number of esters is 1. The summed E-state index contributed by atoms with van der Waals surface area (Å²) in [6.07, 6.45) is 1.80. The van der Waals surface area contributed by atoms with Gasteiger partial charge in [0.2, 0.25) is 5.91 Å². The van der Waals surface area contributed by atoms with Crippen molar-refractivity contribution in [1.82, 2.24) is 4.90 Å². The van der Waals surface area contributed by atoms with Crippen LogP contribution in [0.2, 0.25) is 0 Å². The summed E-state index contributed by atoms with van der Waals surface area (Å²) in [5, 5.41) is 0. The van der Waals surface area contributed by atoms with Gasteiger partial charge < -0.3 is 9.64 Å². The maximum atomic E-state index is 12.1. The molecule has 1 fully saturated rings. The lowest BCUT2D eigenvalue weighted by Crippen LogP contribution is -2.40. The molecule has 4 nitrogen and oxygen atoms in total. The maximum absolute atomic E-state index is 12.1. The Morgan fingerprint density at radius 1 is 1.50 bits per heavy atom. The third-order valence-electron chi connectivity index (χ3n) is 2.63. The van der Waals surface area contributed by atoms with Gasteiger partial charge in [0.1, 0.15) is 6.54 Å². The molecule has 1 amide bonds. The molecule has 0 aromatic rings. The third-order valence-corrected chi connectivity index (χ3v) is 3.79. The number of nitrogens with zero attached hydrogens (tertiary/aromatic N) is 1. The van der Waals surface area contributed by atoms with Crippen molar-refractivity contribution in [1.29, 1.82) is 0 Å². The third kappa shape index (κ3) is 3.70. The van der Waals surface area contributed by atoms with Gasteiger partial charge in [-0.25, -0.2) is 0 Å². The number of methoxy groups -OCH3 is 1. The molecule has 1 aliphatic heterocycles. The van der Waals surface area contributed by atoms with E-state index in [9.17, 15) is 9.59 Å². The molecule has 1 saturated heterocycles. The molecule has 0 N–H and O–H groups in total. The Kier molecular flexibility index (Phi) is 5.66. The predicted octanol–water partition coefficient (Wildman–Crippen LogP) is 1.15. The highest BCUT2D eigenvalue weighted by Crippen LogP contribution is 2.25. The lowest BCUT2D eigenvalue weighted by Gasteiger charge is -2.23. The van der Waals surface area contributed by atoms with E-state index in [1.807, 2.05) is 6.92 Å². The molecule has 0 aliphatic carbocycles. The second-order valence-electron chi connectivity index (χ2n) is 3.90. The van der Waals surface area contributed by atoms with E-state index in [0.717, 1.165) is 24.3 Å². The summed E-state index contributed by atoms with van der Waals surface area (Å²) in [4.78, 5) is 24.9. The average molecular weight is 245 g/mol. The van der Waals surface area contributed by atoms with Gasteiger partial charge in [-0.3, -0.25) is 9.59 Å². The first-order valence-electron chi connectivity index (χ1n) is 5.62. The van der Waals surface area contributed by atoms with Crippen molar-refractivity contribution in [3.63, 3.8) is 0 Å². The molecule has 1 unspecified atom stereocenters. The zero-order chi connectivity index (χ0) is 12.0. The summed E-state index contributed by atoms with van der Waals surface area (Å²) in [5.74, 6) is 1.81. The Balaban J connectivity index is 2.53. The molecule has 1 aliphatic rings. The highest BCUT2D eigenvalue weighted by Gasteiger charge is 2.28. The topological polar surface area (TPSA) is 46.6 Å². The van der Waals surface area contributed by atoms with E-state index in [1.165, 1.54) is 7.11 Å². The zero-order valence-electron chi connectivity index (χ0n) is 9.90. The standard InChI is InChI=1S/C11H19NO3S/c1-3-5-12(7-10(13)15-2)11(14)9-4-6-16-8-9/h9H,3-8H2,1-2H3. The number of ether oxygens (including phenoxy) is 1. The molecule has 1 atom stereocenters. The van der Waals surface area contributed by atoms with Gasteiger partial charge in [0, 0.05) is 18.2 Å². The number of hydrogen-bond donors (Lipinski definition) is 0. The van der Waals surface area contributed by atoms with Gasteiger partial charge in [0.25, 0.3) is 0 Å². The van der Waals surface area contributed by atoms with Crippen molar-refractivity contribution >= 4 is 23.6 Å². The lowest BCUT2D eigenvalue weighted by atomic mass is 10.1. The second kappa shape index (κ2) is 6.78. The first-order chi connectivity index (χ1) is 7.69. The number of amides is 1. The molecule has 5 heteroatoms. The van der Waals surface area contributed by atoms with E-state index in [1.54, 1.807) is 16.7 Å². The van der Waals surface area contributed by atoms with Gasteiger partial charge >= 0.3 is 5.97 Å². The molecule has 0 radical (unpaired) electrons. The second-order valence-corrected chi connectivity index (χ2v) is 5.05. The molecule has 0 aromatic heterocycles. The summed E-state index contributed by atoms with van der Waals surface area (Å²) in [6, 6.07) is 0. The summed E-state index contributed by atoms with van der Waals surface area (Å²) in [5.41, 5.74) is 0. The fourth-order valence-electron chi connectivity index (χ4n) is 1.74. The minimum Gasteiger partial charge on any atom is -0.468 e. The Hall–Kier alpha value is -0.710. The van der Waals surface area contributed by atoms with Gasteiger partial charge in [0.05, 0.1) is 7.11 Å². The van der Waals surface area contributed by atoms with Gasteiger partial charge in [0.15, 0.2) is 0 Å². The van der Waals surface area contributed by atoms with Crippen molar-refractivity contribution in [3.05, 3.63) is 0 Å². The van der Waals surface area contributed by atoms with Crippen molar-refractivity contribution in [3.8, 4) is 0 Å². The van der Waals surface area contributed by atoms with Crippen LogP contribution in [0.15, 0.2) is 0 Å². The average Bonchev–Trinajstić information content (AvgIpc) is 2.80. The molecule has 0 aromatic carbocycles. The van der Waals surface area contributed by atoms with Crippen LogP contribution in [0.5, 0.6) is 0 Å². The predicted molar refractivity (Wildman–Crippen MR) is 64.3 cm³/mol. The van der Waals surface area contributed by atoms with E-state index in [4.69, 9.17) is 0 Å². The number of thioether (sulfide) groups is 1. The van der Waals surface area contributed by atoms with Crippen LogP contribution in [-0.4, -0.2) is 48.5 Å². The van der Waals surface area contributed by atoms with Crippen LogP contribution in [0.1, 0.15) is 19.8 Å². The Labute approximate surface area is 101 Å². The fraction of sp³-hybridized carbons (Fsp3) is 0.818. The van der Waals surface area contributed by atoms with Crippen LogP contribution in [0, 0.1) is 5.92 Å². The molecule has 0 bridgehead atoms. The molecule has 0 saturated carbocycles. The maximum Gasteiger partial charge on any atom is 0.325 e. The fourth-order valence-corrected chi connectivity index (χ4v) is 2.96. The highest BCUT2D eigenvalue weighted by molar-refractivity contribution is 7.99. The van der Waals surface area contributed by atoms with E-state index in [2.05, 4.69) is 4.74 Å². The minimum absolute atomic E-state index is 0.0876. The van der Waals surface area contributed by atoms with Crippen LogP contribution in [0.25, 0.3) is 0 Å². The number of carbonyl (C=O) groups is 2. The van der Waals surface area contributed by atoms with Crippen molar-refractivity contribution < 1.29 is 14.3 Å². The van der Waals surface area contributed by atoms with Crippen molar-refractivity contribution in [2.75, 3.05) is 31.7 Å². The largest absolute Gasteiger partial charge is 0.468 e. The zero-order valence-corrected chi connectivity index (χ0v) is 10.7. The van der Waals surface area contributed by atoms with E-state index in [-0.39, 0.29) is 24.3 Å². The number of carbonyl (C=O) groups excluding carboxylic acids is 2.